The Morgan fingerprint density at radius 2 is 1.67 bits per heavy atom. The molecular weight excluding hydrogens is 882 g/mol. The van der Waals surface area contributed by atoms with Gasteiger partial charge in [0.15, 0.2) is 4.80 Å². The summed E-state index contributed by atoms with van der Waals surface area (Å²) < 4.78 is 16.3. The molecule has 1 aliphatic heterocycles. The quantitative estimate of drug-likeness (QED) is 0.107. The smallest absolute Gasteiger partial charge is 0.338 e. The average Bonchev–Trinajstić information content (AvgIpc) is 3.44. The van der Waals surface area contributed by atoms with Crippen molar-refractivity contribution in [2.75, 3.05) is 6.61 Å². The fourth-order valence-corrected chi connectivity index (χ4v) is 9.41. The summed E-state index contributed by atoms with van der Waals surface area (Å²) in [4.78, 5) is 34.0. The van der Waals surface area contributed by atoms with E-state index in [-0.39, 0.29) is 12.2 Å². The molecule has 5 aromatic carbocycles. The lowest BCUT2D eigenvalue weighted by Crippen LogP contribution is -2.40. The second-order valence-corrected chi connectivity index (χ2v) is 15.9. The van der Waals surface area contributed by atoms with Crippen LogP contribution in [-0.2, 0) is 16.1 Å². The maximum absolute atomic E-state index is 14.6. The van der Waals surface area contributed by atoms with E-state index in [1.54, 1.807) is 11.5 Å². The van der Waals surface area contributed by atoms with E-state index in [2.05, 4.69) is 101 Å². The van der Waals surface area contributed by atoms with Crippen molar-refractivity contribution >= 4 is 85.0 Å². The molecule has 1 atom stereocenters. The van der Waals surface area contributed by atoms with Gasteiger partial charge in [-0.1, -0.05) is 122 Å². The highest BCUT2D eigenvalue weighted by Gasteiger charge is 2.35. The largest absolute Gasteiger partial charge is 0.487 e. The molecule has 2 heterocycles. The zero-order valence-electron chi connectivity index (χ0n) is 28.2. The molecule has 0 N–H and O–H groups in total. The molecule has 6 nitrogen and oxygen atoms in total. The van der Waals surface area contributed by atoms with Gasteiger partial charge in [0.1, 0.15) is 12.4 Å². The fourth-order valence-electron chi connectivity index (χ4n) is 6.37. The number of carbonyl (C=O) groups is 1. The first-order valence-electron chi connectivity index (χ1n) is 16.7. The normalized spacial score (nSPS) is 14.5. The number of ether oxygens (including phenoxy) is 2. The highest BCUT2D eigenvalue weighted by molar-refractivity contribution is 14.1. The second-order valence-electron chi connectivity index (χ2n) is 12.5. The predicted molar refractivity (Wildman–Crippen MR) is 222 cm³/mol. The second kappa shape index (κ2) is 15.3. The van der Waals surface area contributed by atoms with Crippen molar-refractivity contribution in [1.29, 1.82) is 0 Å². The van der Waals surface area contributed by atoms with E-state index >= 15 is 0 Å². The van der Waals surface area contributed by atoms with Crippen LogP contribution in [0.15, 0.2) is 125 Å². The van der Waals surface area contributed by atoms with E-state index < -0.39 is 12.0 Å². The van der Waals surface area contributed by atoms with Gasteiger partial charge < -0.3 is 9.47 Å². The molecule has 7 rings (SSSR count). The molecule has 256 valence electrons. The maximum Gasteiger partial charge on any atom is 0.338 e. The number of nitrogens with zero attached hydrogens (tertiary/aromatic N) is 2. The average molecular weight is 917 g/mol. The minimum absolute atomic E-state index is 0.195. The number of rotatable bonds is 9. The van der Waals surface area contributed by atoms with E-state index in [4.69, 9.17) is 14.5 Å². The van der Waals surface area contributed by atoms with E-state index in [1.165, 1.54) is 16.9 Å². The van der Waals surface area contributed by atoms with Crippen LogP contribution in [0, 0.1) is 7.14 Å². The third kappa shape index (κ3) is 7.20. The number of fused-ring (bicyclic) bond motifs is 2. The molecule has 0 spiro atoms. The molecule has 0 unspecified atom stereocenters. The monoisotopic (exact) mass is 916 g/mol. The first-order chi connectivity index (χ1) is 24.7. The molecule has 51 heavy (non-hydrogen) atoms. The topological polar surface area (TPSA) is 69.9 Å². The Kier molecular flexibility index (Phi) is 10.6. The SMILES string of the molecule is CCOC(=O)C1=C(c2ccccc2)N=c2s/c(=C\c3cc(I)cc(I)c3OCc3cccc4ccccc34)c(=O)n2[C@@H]1c1ccc(C(C)C)cc1. The summed E-state index contributed by atoms with van der Waals surface area (Å²) in [6, 6.07) is 35.6. The molecule has 0 bridgehead atoms. The van der Waals surface area contributed by atoms with Crippen LogP contribution in [0.5, 0.6) is 5.75 Å². The van der Waals surface area contributed by atoms with Gasteiger partial charge in [0.05, 0.1) is 32.0 Å². The number of hydrogen-bond acceptors (Lipinski definition) is 6. The lowest BCUT2D eigenvalue weighted by molar-refractivity contribution is -0.138. The zero-order valence-corrected chi connectivity index (χ0v) is 33.4. The molecule has 1 aromatic heterocycles. The van der Waals surface area contributed by atoms with Crippen LogP contribution in [0.3, 0.4) is 0 Å². The lowest BCUT2D eigenvalue weighted by Gasteiger charge is -2.26. The Morgan fingerprint density at radius 3 is 2.41 bits per heavy atom. The summed E-state index contributed by atoms with van der Waals surface area (Å²) in [5, 5.41) is 2.30. The number of esters is 1. The summed E-state index contributed by atoms with van der Waals surface area (Å²) in [7, 11) is 0. The van der Waals surface area contributed by atoms with Gasteiger partial charge in [0.25, 0.3) is 5.56 Å². The van der Waals surface area contributed by atoms with Crippen molar-refractivity contribution in [2.24, 2.45) is 4.99 Å². The minimum atomic E-state index is -0.739. The predicted octanol–water partition coefficient (Wildman–Crippen LogP) is 9.00. The molecule has 1 aliphatic rings. The van der Waals surface area contributed by atoms with Gasteiger partial charge in [0, 0.05) is 14.7 Å². The first-order valence-corrected chi connectivity index (χ1v) is 19.7. The molecular formula is C42H34I2N2O4S. The summed E-state index contributed by atoms with van der Waals surface area (Å²) in [5.74, 6) is 0.533. The summed E-state index contributed by atoms with van der Waals surface area (Å²) in [5.41, 5.74) is 5.23. The molecule has 0 amide bonds. The Bertz CT molecular complexity index is 2480. The minimum Gasteiger partial charge on any atom is -0.487 e. The van der Waals surface area contributed by atoms with Crippen LogP contribution >= 0.6 is 56.5 Å². The van der Waals surface area contributed by atoms with Crippen molar-refractivity contribution in [3.8, 4) is 5.75 Å². The summed E-state index contributed by atoms with van der Waals surface area (Å²) in [6.07, 6.45) is 1.89. The number of aromatic nitrogens is 1. The summed E-state index contributed by atoms with van der Waals surface area (Å²) in [6.45, 7) is 6.63. The molecule has 0 fully saturated rings. The third-order valence-corrected chi connectivity index (χ3v) is 11.3. The van der Waals surface area contributed by atoms with Gasteiger partial charge >= 0.3 is 5.97 Å². The van der Waals surface area contributed by atoms with Crippen molar-refractivity contribution in [2.45, 2.75) is 39.3 Å². The van der Waals surface area contributed by atoms with Crippen molar-refractivity contribution in [3.63, 3.8) is 0 Å². The fraction of sp³-hybridized carbons (Fsp3) is 0.167. The molecule has 0 aliphatic carbocycles. The van der Waals surface area contributed by atoms with Gasteiger partial charge in [0.2, 0.25) is 0 Å². The van der Waals surface area contributed by atoms with Gasteiger partial charge in [-0.2, -0.15) is 0 Å². The van der Waals surface area contributed by atoms with Gasteiger partial charge in [-0.3, -0.25) is 9.36 Å². The van der Waals surface area contributed by atoms with Crippen LogP contribution in [-0.4, -0.2) is 17.1 Å². The van der Waals surface area contributed by atoms with Crippen LogP contribution in [0.1, 0.15) is 60.5 Å². The summed E-state index contributed by atoms with van der Waals surface area (Å²) >= 11 is 5.90. The zero-order chi connectivity index (χ0) is 35.6. The van der Waals surface area contributed by atoms with E-state index in [1.807, 2.05) is 72.8 Å². The Hall–Kier alpha value is -4.07. The van der Waals surface area contributed by atoms with E-state index in [9.17, 15) is 9.59 Å². The van der Waals surface area contributed by atoms with Crippen molar-refractivity contribution in [3.05, 3.63) is 169 Å². The third-order valence-electron chi connectivity index (χ3n) is 8.87. The number of benzene rings is 5. The van der Waals surface area contributed by atoms with Crippen LogP contribution in [0.25, 0.3) is 22.5 Å². The standard InChI is InChI=1S/C42H34I2N2O4S/c1-4-49-41(48)36-37(28-12-6-5-7-13-28)45-42-46(38(36)29-19-17-26(18-20-29)25(2)3)40(47)35(51-42)22-31-21-32(43)23-34(44)39(31)50-24-30-15-10-14-27-11-8-9-16-33(27)30/h5-23,25,38H,4,24H2,1-3H3/b35-22-/t38-/m1/s1. The maximum atomic E-state index is 14.6. The van der Waals surface area contributed by atoms with Crippen LogP contribution < -0.4 is 19.6 Å². The highest BCUT2D eigenvalue weighted by atomic mass is 127. The van der Waals surface area contributed by atoms with Gasteiger partial charge in [-0.25, -0.2) is 9.79 Å². The van der Waals surface area contributed by atoms with E-state index in [0.717, 1.165) is 40.2 Å². The van der Waals surface area contributed by atoms with E-state index in [0.29, 0.717) is 38.9 Å². The lowest BCUT2D eigenvalue weighted by atomic mass is 9.91. The van der Waals surface area contributed by atoms with Crippen molar-refractivity contribution in [1.82, 2.24) is 4.57 Å². The number of hydrogen-bond donors (Lipinski definition) is 0. The molecule has 0 saturated carbocycles. The first kappa shape index (κ1) is 35.3. The Morgan fingerprint density at radius 1 is 0.941 bits per heavy atom. The van der Waals surface area contributed by atoms with Crippen molar-refractivity contribution < 1.29 is 14.3 Å². The highest BCUT2D eigenvalue weighted by Crippen LogP contribution is 2.36. The van der Waals surface area contributed by atoms with Crippen LogP contribution in [0.4, 0.5) is 0 Å². The number of halogens is 2. The molecule has 0 saturated heterocycles. The molecule has 9 heteroatoms. The number of carbonyl (C=O) groups excluding carboxylic acids is 1. The number of thiazole rings is 1. The van der Waals surface area contributed by atoms with Gasteiger partial charge in [-0.15, -0.1) is 0 Å². The Labute approximate surface area is 327 Å². The van der Waals surface area contributed by atoms with Gasteiger partial charge in [-0.05, 0) is 104 Å². The Balaban J connectivity index is 1.40. The molecule has 0 radical (unpaired) electrons. The molecule has 6 aromatic rings. The van der Waals surface area contributed by atoms with Crippen LogP contribution in [0.2, 0.25) is 0 Å².